The molecule has 1 aliphatic carbocycles. The number of thiophene rings is 1. The van der Waals surface area contributed by atoms with Crippen LogP contribution in [0.5, 0.6) is 0 Å². The van der Waals surface area contributed by atoms with E-state index < -0.39 is 17.8 Å². The Bertz CT molecular complexity index is 1040. The number of esters is 2. The number of pyridine rings is 1. The molecule has 2 aromatic heterocycles. The zero-order valence-corrected chi connectivity index (χ0v) is 15.8. The largest absolute Gasteiger partial charge is 0.465 e. The van der Waals surface area contributed by atoms with Crippen LogP contribution in [0.25, 0.3) is 10.1 Å². The van der Waals surface area contributed by atoms with Crippen LogP contribution in [-0.2, 0) is 16.1 Å². The molecule has 1 fully saturated rings. The predicted octanol–water partition coefficient (Wildman–Crippen LogP) is 4.15. The molecule has 0 saturated heterocycles. The first-order valence-electron chi connectivity index (χ1n) is 8.74. The van der Waals surface area contributed by atoms with E-state index in [-0.39, 0.29) is 22.4 Å². The van der Waals surface area contributed by atoms with Gasteiger partial charge in [0.25, 0.3) is 0 Å². The minimum Gasteiger partial charge on any atom is -0.465 e. The van der Waals surface area contributed by atoms with Gasteiger partial charge in [0.1, 0.15) is 23.1 Å². The van der Waals surface area contributed by atoms with Gasteiger partial charge in [0.15, 0.2) is 0 Å². The number of hydrogen-bond acceptors (Lipinski definition) is 7. The molecule has 1 saturated carbocycles. The molecule has 0 amide bonds. The van der Waals surface area contributed by atoms with Crippen LogP contribution < -0.4 is 5.32 Å². The predicted molar refractivity (Wildman–Crippen MR) is 103 cm³/mol. The van der Waals surface area contributed by atoms with Gasteiger partial charge < -0.3 is 14.8 Å². The van der Waals surface area contributed by atoms with Crippen LogP contribution in [-0.4, -0.2) is 30.1 Å². The highest BCUT2D eigenvalue weighted by molar-refractivity contribution is 7.21. The maximum Gasteiger partial charge on any atom is 0.348 e. The van der Waals surface area contributed by atoms with Crippen molar-refractivity contribution in [3.05, 3.63) is 58.3 Å². The molecule has 28 heavy (non-hydrogen) atoms. The minimum absolute atomic E-state index is 0.220. The minimum atomic E-state index is -0.600. The summed E-state index contributed by atoms with van der Waals surface area (Å²) in [6.45, 7) is -0.244. The molecule has 144 valence electrons. The molecule has 0 spiro atoms. The Hall–Kier alpha value is -3.00. The van der Waals surface area contributed by atoms with E-state index in [0.717, 1.165) is 24.2 Å². The number of carbonyl (C=O) groups excluding carboxylic acids is 2. The number of benzene rings is 1. The second kappa shape index (κ2) is 7.55. The van der Waals surface area contributed by atoms with Crippen molar-refractivity contribution in [1.29, 1.82) is 0 Å². The van der Waals surface area contributed by atoms with E-state index in [1.54, 1.807) is 24.3 Å². The third-order valence-electron chi connectivity index (χ3n) is 4.41. The first-order valence-corrected chi connectivity index (χ1v) is 9.56. The van der Waals surface area contributed by atoms with Crippen molar-refractivity contribution in [2.75, 3.05) is 12.4 Å². The fourth-order valence-electron chi connectivity index (χ4n) is 2.82. The molecule has 0 aliphatic heterocycles. The standard InChI is InChI=1S/C20H17FN2O4S/c1-26-20(25)18-13(17-14(21)3-2-4-15(17)28-18)10-27-19(24)11-5-8-16(22-9-11)23-12-6-7-12/h2-5,8-9,12H,6-7,10H2,1H3,(H,22,23). The summed E-state index contributed by atoms with van der Waals surface area (Å²) < 4.78 is 25.0. The highest BCUT2D eigenvalue weighted by Crippen LogP contribution is 2.34. The summed E-state index contributed by atoms with van der Waals surface area (Å²) in [6.07, 6.45) is 3.68. The van der Waals surface area contributed by atoms with Crippen molar-refractivity contribution in [3.8, 4) is 0 Å². The average molecular weight is 400 g/mol. The monoisotopic (exact) mass is 400 g/mol. The van der Waals surface area contributed by atoms with Crippen LogP contribution in [0.3, 0.4) is 0 Å². The fraction of sp³-hybridized carbons (Fsp3) is 0.250. The summed E-state index contributed by atoms with van der Waals surface area (Å²) >= 11 is 1.11. The van der Waals surface area contributed by atoms with Crippen molar-refractivity contribution >= 4 is 39.2 Å². The third kappa shape index (κ3) is 3.68. The lowest BCUT2D eigenvalue weighted by atomic mass is 10.1. The van der Waals surface area contributed by atoms with Crippen LogP contribution in [0.4, 0.5) is 10.2 Å². The van der Waals surface area contributed by atoms with E-state index in [4.69, 9.17) is 9.47 Å². The molecule has 0 atom stereocenters. The number of anilines is 1. The second-order valence-electron chi connectivity index (χ2n) is 6.44. The summed E-state index contributed by atoms with van der Waals surface area (Å²) in [4.78, 5) is 28.9. The van der Waals surface area contributed by atoms with Gasteiger partial charge in [-0.15, -0.1) is 11.3 Å². The van der Waals surface area contributed by atoms with E-state index in [1.807, 2.05) is 0 Å². The van der Waals surface area contributed by atoms with Crippen LogP contribution in [0.15, 0.2) is 36.5 Å². The Labute approximate surface area is 164 Å². The highest BCUT2D eigenvalue weighted by atomic mass is 32.1. The van der Waals surface area contributed by atoms with Crippen molar-refractivity contribution in [2.24, 2.45) is 0 Å². The lowest BCUT2D eigenvalue weighted by Crippen LogP contribution is -2.09. The van der Waals surface area contributed by atoms with Gasteiger partial charge in [-0.05, 0) is 37.1 Å². The number of carbonyl (C=O) groups is 2. The molecular formula is C20H17FN2O4S. The van der Waals surface area contributed by atoms with E-state index >= 15 is 0 Å². The maximum atomic E-state index is 14.3. The number of hydrogen-bond donors (Lipinski definition) is 1. The molecule has 6 nitrogen and oxygen atoms in total. The van der Waals surface area contributed by atoms with Gasteiger partial charge in [-0.25, -0.2) is 19.0 Å². The molecule has 0 radical (unpaired) electrons. The fourth-order valence-corrected chi connectivity index (χ4v) is 3.96. The van der Waals surface area contributed by atoms with Crippen molar-refractivity contribution in [3.63, 3.8) is 0 Å². The number of methoxy groups -OCH3 is 1. The highest BCUT2D eigenvalue weighted by Gasteiger charge is 2.23. The number of aromatic nitrogens is 1. The SMILES string of the molecule is COC(=O)c1sc2cccc(F)c2c1COC(=O)c1ccc(NC2CC2)nc1. The molecule has 4 rings (SSSR count). The van der Waals surface area contributed by atoms with Crippen molar-refractivity contribution < 1.29 is 23.5 Å². The smallest absolute Gasteiger partial charge is 0.348 e. The van der Waals surface area contributed by atoms with Crippen LogP contribution in [0.2, 0.25) is 0 Å². The van der Waals surface area contributed by atoms with Gasteiger partial charge in [0.2, 0.25) is 0 Å². The maximum absolute atomic E-state index is 14.3. The topological polar surface area (TPSA) is 77.5 Å². The number of nitrogens with zero attached hydrogens (tertiary/aromatic N) is 1. The molecule has 1 N–H and O–H groups in total. The zero-order valence-electron chi connectivity index (χ0n) is 15.0. The zero-order chi connectivity index (χ0) is 19.7. The number of rotatable bonds is 6. The lowest BCUT2D eigenvalue weighted by molar-refractivity contribution is 0.0463. The van der Waals surface area contributed by atoms with Gasteiger partial charge in [0.05, 0.1) is 12.7 Å². The van der Waals surface area contributed by atoms with Gasteiger partial charge in [-0.3, -0.25) is 0 Å². The molecule has 1 aliphatic rings. The van der Waals surface area contributed by atoms with E-state index in [0.29, 0.717) is 22.1 Å². The molecule has 3 aromatic rings. The Kier molecular flexibility index (Phi) is 4.95. The second-order valence-corrected chi connectivity index (χ2v) is 7.49. The number of fused-ring (bicyclic) bond motifs is 1. The summed E-state index contributed by atoms with van der Waals surface area (Å²) in [7, 11) is 1.25. The van der Waals surface area contributed by atoms with E-state index in [2.05, 4.69) is 10.3 Å². The quantitative estimate of drug-likeness (QED) is 0.626. The van der Waals surface area contributed by atoms with E-state index in [9.17, 15) is 14.0 Å². The first kappa shape index (κ1) is 18.4. The van der Waals surface area contributed by atoms with E-state index in [1.165, 1.54) is 19.4 Å². The van der Waals surface area contributed by atoms with Gasteiger partial charge in [-0.2, -0.15) is 0 Å². The number of halogens is 1. The Morgan fingerprint density at radius 2 is 2.07 bits per heavy atom. The number of ether oxygens (including phenoxy) is 2. The molecular weight excluding hydrogens is 383 g/mol. The molecule has 0 unspecified atom stereocenters. The lowest BCUT2D eigenvalue weighted by Gasteiger charge is -2.08. The summed E-state index contributed by atoms with van der Waals surface area (Å²) in [5.41, 5.74) is 0.583. The molecule has 0 bridgehead atoms. The third-order valence-corrected chi connectivity index (χ3v) is 5.59. The normalized spacial score (nSPS) is 13.4. The van der Waals surface area contributed by atoms with Crippen LogP contribution in [0, 0.1) is 5.82 Å². The molecule has 1 aromatic carbocycles. The Balaban J connectivity index is 1.54. The van der Waals surface area contributed by atoms with Gasteiger partial charge in [0, 0.05) is 27.9 Å². The summed E-state index contributed by atoms with van der Waals surface area (Å²) in [6, 6.07) is 8.37. The first-order chi connectivity index (χ1) is 13.6. The Morgan fingerprint density at radius 1 is 1.25 bits per heavy atom. The van der Waals surface area contributed by atoms with Gasteiger partial charge in [-0.1, -0.05) is 6.07 Å². The number of nitrogens with one attached hydrogen (secondary N) is 1. The van der Waals surface area contributed by atoms with Crippen molar-refractivity contribution in [2.45, 2.75) is 25.5 Å². The molecule has 2 heterocycles. The van der Waals surface area contributed by atoms with Crippen molar-refractivity contribution in [1.82, 2.24) is 4.98 Å². The summed E-state index contributed by atoms with van der Waals surface area (Å²) in [5, 5.41) is 3.50. The summed E-state index contributed by atoms with van der Waals surface area (Å²) in [5.74, 6) is -0.967. The van der Waals surface area contributed by atoms with Crippen LogP contribution >= 0.6 is 11.3 Å². The Morgan fingerprint density at radius 3 is 2.75 bits per heavy atom. The van der Waals surface area contributed by atoms with Crippen LogP contribution in [0.1, 0.15) is 38.4 Å². The van der Waals surface area contributed by atoms with Gasteiger partial charge >= 0.3 is 11.9 Å². The molecule has 8 heteroatoms. The average Bonchev–Trinajstić information content (AvgIpc) is 3.44.